The van der Waals surface area contributed by atoms with Crippen LogP contribution in [0.5, 0.6) is 0 Å². The molecule has 1 aliphatic rings. The molecule has 1 saturated carbocycles. The number of sulfonamides is 1. The maximum atomic E-state index is 12.7. The van der Waals surface area contributed by atoms with Crippen LogP contribution in [0.3, 0.4) is 0 Å². The number of rotatable bonds is 3. The summed E-state index contributed by atoms with van der Waals surface area (Å²) < 4.78 is 84.5. The number of nitrogens with one attached hydrogen (secondary N) is 1. The Morgan fingerprint density at radius 3 is 1.82 bits per heavy atom. The van der Waals surface area contributed by atoms with Gasteiger partial charge < -0.3 is 0 Å². The molecule has 0 aliphatic heterocycles. The van der Waals surface area contributed by atoms with Crippen molar-refractivity contribution in [2.24, 2.45) is 0 Å². The smallest absolute Gasteiger partial charge is 0.207 e. The van der Waals surface area contributed by atoms with Crippen LogP contribution in [0.1, 0.15) is 32.1 Å². The van der Waals surface area contributed by atoms with Gasteiger partial charge in [0.15, 0.2) is 0 Å². The third-order valence-electron chi connectivity index (χ3n) is 2.59. The maximum absolute atomic E-state index is 12.7. The van der Waals surface area contributed by atoms with Gasteiger partial charge in [0.05, 0.1) is 0 Å². The summed E-state index contributed by atoms with van der Waals surface area (Å²) in [6.45, 7) is 0. The summed E-state index contributed by atoms with van der Waals surface area (Å²) in [4.78, 5) is 0. The van der Waals surface area contributed by atoms with Crippen molar-refractivity contribution in [3.05, 3.63) is 0 Å². The SMILES string of the molecule is O=S(=O)(NC1CCCCC1)C(F)(F)C(F)(F)F. The number of hydrogen-bond acceptors (Lipinski definition) is 2. The Morgan fingerprint density at radius 1 is 0.941 bits per heavy atom. The van der Waals surface area contributed by atoms with Crippen LogP contribution < -0.4 is 4.72 Å². The van der Waals surface area contributed by atoms with Gasteiger partial charge in [0.25, 0.3) is 10.0 Å². The first-order chi connectivity index (χ1) is 7.58. The molecule has 0 bridgehead atoms. The Labute approximate surface area is 95.4 Å². The third-order valence-corrected chi connectivity index (χ3v) is 4.14. The average molecular weight is 281 g/mol. The molecular formula is C8H12F5NO2S. The second-order valence-electron chi connectivity index (χ2n) is 3.97. The van der Waals surface area contributed by atoms with Crippen LogP contribution in [-0.4, -0.2) is 25.9 Å². The minimum Gasteiger partial charge on any atom is -0.207 e. The van der Waals surface area contributed by atoms with Gasteiger partial charge in [-0.1, -0.05) is 19.3 Å². The molecule has 1 fully saturated rings. The highest BCUT2D eigenvalue weighted by atomic mass is 32.2. The molecule has 1 rings (SSSR count). The van der Waals surface area contributed by atoms with Crippen LogP contribution >= 0.6 is 0 Å². The third kappa shape index (κ3) is 3.06. The van der Waals surface area contributed by atoms with Crippen LogP contribution in [0.4, 0.5) is 22.0 Å². The fourth-order valence-corrected chi connectivity index (χ4v) is 2.79. The minimum absolute atomic E-state index is 0.285. The number of halogens is 5. The van der Waals surface area contributed by atoms with Gasteiger partial charge in [0.1, 0.15) is 0 Å². The van der Waals surface area contributed by atoms with Crippen LogP contribution in [0, 0.1) is 0 Å². The molecule has 0 aromatic heterocycles. The fraction of sp³-hybridized carbons (Fsp3) is 1.00. The Morgan fingerprint density at radius 2 is 1.41 bits per heavy atom. The molecule has 3 nitrogen and oxygen atoms in total. The number of hydrogen-bond donors (Lipinski definition) is 1. The summed E-state index contributed by atoms with van der Waals surface area (Å²) in [5.41, 5.74) is 0. The second kappa shape index (κ2) is 4.68. The summed E-state index contributed by atoms with van der Waals surface area (Å²) in [6.07, 6.45) is -3.47. The van der Waals surface area contributed by atoms with Crippen molar-refractivity contribution in [1.29, 1.82) is 0 Å². The lowest BCUT2D eigenvalue weighted by Crippen LogP contribution is -2.52. The quantitative estimate of drug-likeness (QED) is 0.807. The van der Waals surface area contributed by atoms with Crippen molar-refractivity contribution in [3.63, 3.8) is 0 Å². The lowest BCUT2D eigenvalue weighted by atomic mass is 9.96. The van der Waals surface area contributed by atoms with E-state index in [-0.39, 0.29) is 12.8 Å². The summed E-state index contributed by atoms with van der Waals surface area (Å²) in [5, 5.41) is -5.75. The van der Waals surface area contributed by atoms with Crippen LogP contribution in [0.15, 0.2) is 0 Å². The van der Waals surface area contributed by atoms with E-state index in [0.29, 0.717) is 12.8 Å². The summed E-state index contributed by atoms with van der Waals surface area (Å²) in [5.74, 6) is 0. The molecular weight excluding hydrogens is 269 g/mol. The predicted molar refractivity (Wildman–Crippen MR) is 49.9 cm³/mol. The molecule has 1 N–H and O–H groups in total. The van der Waals surface area contributed by atoms with E-state index < -0.39 is 27.5 Å². The van der Waals surface area contributed by atoms with E-state index in [1.54, 1.807) is 0 Å². The Hall–Kier alpha value is -0.440. The topological polar surface area (TPSA) is 46.2 Å². The van der Waals surface area contributed by atoms with Gasteiger partial charge in [-0.25, -0.2) is 13.1 Å². The molecule has 102 valence electrons. The first-order valence-corrected chi connectivity index (χ1v) is 6.52. The second-order valence-corrected chi connectivity index (χ2v) is 5.73. The van der Waals surface area contributed by atoms with Crippen molar-refractivity contribution < 1.29 is 30.4 Å². The molecule has 17 heavy (non-hydrogen) atoms. The molecule has 0 heterocycles. The van der Waals surface area contributed by atoms with E-state index in [9.17, 15) is 30.4 Å². The normalized spacial score (nSPS) is 20.5. The van der Waals surface area contributed by atoms with Crippen LogP contribution in [0.25, 0.3) is 0 Å². The van der Waals surface area contributed by atoms with Gasteiger partial charge in [-0.05, 0) is 12.8 Å². The van der Waals surface area contributed by atoms with Crippen LogP contribution in [0.2, 0.25) is 0 Å². The Bertz CT molecular complexity index is 359. The van der Waals surface area contributed by atoms with Crippen molar-refractivity contribution in [2.75, 3.05) is 0 Å². The van der Waals surface area contributed by atoms with E-state index in [1.165, 1.54) is 4.72 Å². The van der Waals surface area contributed by atoms with Gasteiger partial charge in [-0.15, -0.1) is 0 Å². The highest BCUT2D eigenvalue weighted by Gasteiger charge is 2.67. The average Bonchev–Trinajstić information content (AvgIpc) is 2.16. The molecule has 0 radical (unpaired) electrons. The molecule has 0 aromatic carbocycles. The molecule has 0 spiro atoms. The summed E-state index contributed by atoms with van der Waals surface area (Å²) in [6, 6.07) is -0.832. The minimum atomic E-state index is -6.10. The number of alkyl halides is 5. The van der Waals surface area contributed by atoms with E-state index in [0.717, 1.165) is 6.42 Å². The fourth-order valence-electron chi connectivity index (χ4n) is 1.67. The van der Waals surface area contributed by atoms with Crippen molar-refractivity contribution in [3.8, 4) is 0 Å². The van der Waals surface area contributed by atoms with Gasteiger partial charge in [0.2, 0.25) is 0 Å². The molecule has 1 aliphatic carbocycles. The lowest BCUT2D eigenvalue weighted by Gasteiger charge is -2.26. The van der Waals surface area contributed by atoms with E-state index in [1.807, 2.05) is 0 Å². The summed E-state index contributed by atoms with van der Waals surface area (Å²) >= 11 is 0. The molecule has 0 aromatic rings. The molecule has 0 atom stereocenters. The molecule has 0 saturated heterocycles. The molecule has 9 heteroatoms. The van der Waals surface area contributed by atoms with E-state index >= 15 is 0 Å². The maximum Gasteiger partial charge on any atom is 0.470 e. The first kappa shape index (κ1) is 14.6. The Kier molecular flexibility index (Phi) is 4.02. The van der Waals surface area contributed by atoms with Crippen LogP contribution in [-0.2, 0) is 10.0 Å². The monoisotopic (exact) mass is 281 g/mol. The van der Waals surface area contributed by atoms with Gasteiger partial charge in [0, 0.05) is 6.04 Å². The van der Waals surface area contributed by atoms with Gasteiger partial charge in [-0.3, -0.25) is 0 Å². The highest BCUT2D eigenvalue weighted by Crippen LogP contribution is 2.39. The van der Waals surface area contributed by atoms with Crippen molar-refractivity contribution in [1.82, 2.24) is 4.72 Å². The lowest BCUT2D eigenvalue weighted by molar-refractivity contribution is -0.241. The zero-order valence-electron chi connectivity index (χ0n) is 8.73. The predicted octanol–water partition coefficient (Wildman–Crippen LogP) is 2.39. The standard InChI is InChI=1S/C8H12F5NO2S/c9-7(10,11)8(12,13)17(15,16)14-6-4-2-1-3-5-6/h6,14H,1-5H2. The molecule has 0 unspecified atom stereocenters. The highest BCUT2D eigenvalue weighted by molar-refractivity contribution is 7.90. The van der Waals surface area contributed by atoms with Gasteiger partial charge >= 0.3 is 11.4 Å². The Balaban J connectivity index is 2.80. The van der Waals surface area contributed by atoms with Crippen molar-refractivity contribution >= 4 is 10.0 Å². The first-order valence-electron chi connectivity index (χ1n) is 5.04. The zero-order chi connectivity index (χ0) is 13.3. The van der Waals surface area contributed by atoms with E-state index in [2.05, 4.69) is 0 Å². The van der Waals surface area contributed by atoms with Crippen molar-refractivity contribution in [2.45, 2.75) is 49.6 Å². The molecule has 0 amide bonds. The summed E-state index contributed by atoms with van der Waals surface area (Å²) in [7, 11) is -5.73. The zero-order valence-corrected chi connectivity index (χ0v) is 9.54. The largest absolute Gasteiger partial charge is 0.470 e. The van der Waals surface area contributed by atoms with E-state index in [4.69, 9.17) is 0 Å². The van der Waals surface area contributed by atoms with Gasteiger partial charge in [-0.2, -0.15) is 22.0 Å².